The molecule has 1 fully saturated rings. The molecule has 2 atom stereocenters. The third-order valence-corrected chi connectivity index (χ3v) is 4.41. The van der Waals surface area contributed by atoms with Gasteiger partial charge in [0.15, 0.2) is 0 Å². The van der Waals surface area contributed by atoms with Gasteiger partial charge in [0.25, 0.3) is 0 Å². The molecule has 0 heterocycles. The van der Waals surface area contributed by atoms with Crippen molar-refractivity contribution in [1.82, 2.24) is 0 Å². The van der Waals surface area contributed by atoms with Crippen molar-refractivity contribution in [2.75, 3.05) is 0 Å². The van der Waals surface area contributed by atoms with Crippen LogP contribution in [-0.4, -0.2) is 10.7 Å². The first-order valence-corrected chi connectivity index (χ1v) is 7.54. The molecule has 0 bridgehead atoms. The van der Waals surface area contributed by atoms with E-state index >= 15 is 0 Å². The fourth-order valence-corrected chi connectivity index (χ4v) is 4.08. The third kappa shape index (κ3) is 3.58. The molecule has 0 spiro atoms. The van der Waals surface area contributed by atoms with Gasteiger partial charge in [0, 0.05) is 10.9 Å². The molecule has 1 nitrogen and oxygen atoms in total. The normalized spacial score (nSPS) is 31.3. The Balaban J connectivity index is 2.13. The van der Waals surface area contributed by atoms with Crippen LogP contribution in [0.1, 0.15) is 45.6 Å². The molecule has 1 aliphatic carbocycles. The molecule has 1 N–H and O–H groups in total. The highest BCUT2D eigenvalue weighted by Gasteiger charge is 2.41. The lowest BCUT2D eigenvalue weighted by Crippen LogP contribution is -2.43. The largest absolute Gasteiger partial charge is 0.390 e. The highest BCUT2D eigenvalue weighted by molar-refractivity contribution is 9.10. The summed E-state index contributed by atoms with van der Waals surface area (Å²) in [4.78, 5) is 0. The zero-order valence-corrected chi connectivity index (χ0v) is 13.1. The van der Waals surface area contributed by atoms with E-state index in [4.69, 9.17) is 0 Å². The van der Waals surface area contributed by atoms with Crippen molar-refractivity contribution >= 4 is 15.9 Å². The quantitative estimate of drug-likeness (QED) is 0.848. The molecule has 0 saturated heterocycles. The molecule has 18 heavy (non-hydrogen) atoms. The SMILES string of the molecule is CC1CC(C)(C)CC(O)(Cc2ccc(Br)cc2)C1. The van der Waals surface area contributed by atoms with Gasteiger partial charge in [0.05, 0.1) is 5.60 Å². The van der Waals surface area contributed by atoms with Crippen LogP contribution >= 0.6 is 15.9 Å². The molecule has 0 aromatic heterocycles. The Hall–Kier alpha value is -0.340. The smallest absolute Gasteiger partial charge is 0.0695 e. The minimum atomic E-state index is -0.533. The third-order valence-electron chi connectivity index (χ3n) is 3.88. The number of benzene rings is 1. The molecule has 2 unspecified atom stereocenters. The molecular weight excluding hydrogens is 288 g/mol. The van der Waals surface area contributed by atoms with Crippen molar-refractivity contribution in [2.24, 2.45) is 11.3 Å². The molecule has 1 aromatic carbocycles. The van der Waals surface area contributed by atoms with E-state index in [1.54, 1.807) is 0 Å². The topological polar surface area (TPSA) is 20.2 Å². The van der Waals surface area contributed by atoms with E-state index in [1.807, 2.05) is 0 Å². The second-order valence-electron chi connectivity index (χ2n) is 6.88. The second kappa shape index (κ2) is 4.97. The Morgan fingerprint density at radius 3 is 2.39 bits per heavy atom. The fraction of sp³-hybridized carbons (Fsp3) is 0.625. The van der Waals surface area contributed by atoms with Gasteiger partial charge in [0.1, 0.15) is 0 Å². The van der Waals surface area contributed by atoms with E-state index in [0.717, 1.165) is 23.7 Å². The summed E-state index contributed by atoms with van der Waals surface area (Å²) in [5.74, 6) is 0.606. The van der Waals surface area contributed by atoms with Crippen molar-refractivity contribution in [3.63, 3.8) is 0 Å². The maximum Gasteiger partial charge on any atom is 0.0695 e. The fourth-order valence-electron chi connectivity index (χ4n) is 3.82. The summed E-state index contributed by atoms with van der Waals surface area (Å²) in [5, 5.41) is 10.9. The van der Waals surface area contributed by atoms with E-state index in [1.165, 1.54) is 12.0 Å². The summed E-state index contributed by atoms with van der Waals surface area (Å²) in [5.41, 5.74) is 0.946. The molecule has 100 valence electrons. The molecule has 1 aromatic rings. The summed E-state index contributed by atoms with van der Waals surface area (Å²) in [7, 11) is 0. The van der Waals surface area contributed by atoms with E-state index in [2.05, 4.69) is 61.0 Å². The van der Waals surface area contributed by atoms with Crippen LogP contribution in [0.5, 0.6) is 0 Å². The van der Waals surface area contributed by atoms with Crippen LogP contribution in [-0.2, 0) is 6.42 Å². The van der Waals surface area contributed by atoms with Crippen LogP contribution in [0.4, 0.5) is 0 Å². The first-order chi connectivity index (χ1) is 8.28. The van der Waals surface area contributed by atoms with Gasteiger partial charge >= 0.3 is 0 Å². The first-order valence-electron chi connectivity index (χ1n) is 6.75. The average Bonchev–Trinajstić information content (AvgIpc) is 2.17. The summed E-state index contributed by atoms with van der Waals surface area (Å²) >= 11 is 3.45. The summed E-state index contributed by atoms with van der Waals surface area (Å²) in [6.45, 7) is 6.80. The van der Waals surface area contributed by atoms with Gasteiger partial charge in [0.2, 0.25) is 0 Å². The van der Waals surface area contributed by atoms with Crippen molar-refractivity contribution in [3.05, 3.63) is 34.3 Å². The maximum atomic E-state index is 10.9. The molecule has 0 aliphatic heterocycles. The molecule has 1 aliphatic rings. The molecular formula is C16H23BrO. The van der Waals surface area contributed by atoms with Crippen LogP contribution in [0.3, 0.4) is 0 Å². The molecule has 0 radical (unpaired) electrons. The summed E-state index contributed by atoms with van der Waals surface area (Å²) in [6, 6.07) is 8.31. The lowest BCUT2D eigenvalue weighted by Gasteiger charge is -2.44. The number of hydrogen-bond acceptors (Lipinski definition) is 1. The van der Waals surface area contributed by atoms with Gasteiger partial charge in [-0.25, -0.2) is 0 Å². The predicted octanol–water partition coefficient (Wildman–Crippen LogP) is 4.57. The maximum absolute atomic E-state index is 10.9. The highest BCUT2D eigenvalue weighted by atomic mass is 79.9. The minimum Gasteiger partial charge on any atom is -0.390 e. The van der Waals surface area contributed by atoms with Crippen LogP contribution in [0.2, 0.25) is 0 Å². The van der Waals surface area contributed by atoms with Crippen molar-refractivity contribution in [1.29, 1.82) is 0 Å². The Kier molecular flexibility index (Phi) is 3.89. The van der Waals surface area contributed by atoms with Crippen LogP contribution in [0, 0.1) is 11.3 Å². The Labute approximate surface area is 119 Å². The number of aliphatic hydroxyl groups is 1. The molecule has 0 amide bonds. The highest BCUT2D eigenvalue weighted by Crippen LogP contribution is 2.45. The summed E-state index contributed by atoms with van der Waals surface area (Å²) in [6.07, 6.45) is 3.82. The van der Waals surface area contributed by atoms with Crippen LogP contribution in [0.15, 0.2) is 28.7 Å². The zero-order valence-electron chi connectivity index (χ0n) is 11.5. The molecule has 2 rings (SSSR count). The number of rotatable bonds is 2. The standard InChI is InChI=1S/C16H23BrO/c1-12-8-15(2,3)11-16(18,9-12)10-13-4-6-14(17)7-5-13/h4-7,12,18H,8-11H2,1-3H3. The van der Waals surface area contributed by atoms with Crippen molar-refractivity contribution < 1.29 is 5.11 Å². The van der Waals surface area contributed by atoms with E-state index in [9.17, 15) is 5.11 Å². The first kappa shape index (κ1) is 14.1. The summed E-state index contributed by atoms with van der Waals surface area (Å²) < 4.78 is 1.09. The average molecular weight is 311 g/mol. The van der Waals surface area contributed by atoms with Gasteiger partial charge in [-0.3, -0.25) is 0 Å². The van der Waals surface area contributed by atoms with Crippen molar-refractivity contribution in [3.8, 4) is 0 Å². The second-order valence-corrected chi connectivity index (χ2v) is 7.80. The monoisotopic (exact) mass is 310 g/mol. The van der Waals surface area contributed by atoms with E-state index < -0.39 is 5.60 Å². The minimum absolute atomic E-state index is 0.252. The number of halogens is 1. The number of hydrogen-bond donors (Lipinski definition) is 1. The van der Waals surface area contributed by atoms with Gasteiger partial charge in [-0.15, -0.1) is 0 Å². The van der Waals surface area contributed by atoms with Gasteiger partial charge in [-0.2, -0.15) is 0 Å². The lowest BCUT2D eigenvalue weighted by atomic mass is 9.64. The van der Waals surface area contributed by atoms with Crippen LogP contribution in [0.25, 0.3) is 0 Å². The van der Waals surface area contributed by atoms with E-state index in [0.29, 0.717) is 5.92 Å². The van der Waals surface area contributed by atoms with Gasteiger partial charge in [-0.05, 0) is 48.3 Å². The van der Waals surface area contributed by atoms with Crippen LogP contribution < -0.4 is 0 Å². The van der Waals surface area contributed by atoms with E-state index in [-0.39, 0.29) is 5.41 Å². The lowest BCUT2D eigenvalue weighted by molar-refractivity contribution is -0.0574. The van der Waals surface area contributed by atoms with Gasteiger partial charge < -0.3 is 5.11 Å². The Bertz CT molecular complexity index is 410. The molecule has 2 heteroatoms. The molecule has 1 saturated carbocycles. The van der Waals surface area contributed by atoms with Gasteiger partial charge in [-0.1, -0.05) is 48.8 Å². The Morgan fingerprint density at radius 1 is 1.22 bits per heavy atom. The zero-order chi connectivity index (χ0) is 13.4. The predicted molar refractivity (Wildman–Crippen MR) is 79.6 cm³/mol. The van der Waals surface area contributed by atoms with Crippen molar-refractivity contribution in [2.45, 2.75) is 52.1 Å². The Morgan fingerprint density at radius 2 is 1.83 bits per heavy atom.